The number of carbonyl (C=O) groups is 2. The number of rotatable bonds is 2. The number of likely N-dealkylation sites (tertiary alicyclic amines) is 1. The number of carboxylic acid groups (broad SMARTS) is 1. The van der Waals surface area contributed by atoms with E-state index in [9.17, 15) is 9.59 Å². The molecule has 0 radical (unpaired) electrons. The summed E-state index contributed by atoms with van der Waals surface area (Å²) in [5.41, 5.74) is 0. The number of aliphatic carboxylic acids is 1. The Morgan fingerprint density at radius 1 is 1.56 bits per heavy atom. The molecule has 0 aromatic carbocycles. The highest BCUT2D eigenvalue weighted by molar-refractivity contribution is 9.11. The Morgan fingerprint density at radius 2 is 2.33 bits per heavy atom. The number of nitrogens with zero attached hydrogens (tertiary/aromatic N) is 2. The Balaban J connectivity index is 2.04. The van der Waals surface area contributed by atoms with E-state index in [1.54, 1.807) is 6.20 Å². The van der Waals surface area contributed by atoms with Crippen LogP contribution >= 0.6 is 27.3 Å². The Morgan fingerprint density at radius 3 is 2.94 bits per heavy atom. The molecule has 2 amide bonds. The standard InChI is InChI=1S/C10H12BrN3O3S/c11-7-5-12-9(18-7)13-10(17)14-4-2-1-3-6(14)8(15)16/h5-6H,1-4H2,(H,15,16)(H,12,13,17). The third-order valence-electron chi connectivity index (χ3n) is 2.74. The molecule has 1 fully saturated rings. The highest BCUT2D eigenvalue weighted by Gasteiger charge is 2.32. The van der Waals surface area contributed by atoms with E-state index in [4.69, 9.17) is 5.11 Å². The third-order valence-corrected chi connectivity index (χ3v) is 4.13. The van der Waals surface area contributed by atoms with Gasteiger partial charge in [-0.2, -0.15) is 0 Å². The minimum Gasteiger partial charge on any atom is -0.480 e. The van der Waals surface area contributed by atoms with Crippen LogP contribution in [-0.2, 0) is 4.79 Å². The lowest BCUT2D eigenvalue weighted by Crippen LogP contribution is -2.49. The number of thiazole rings is 1. The molecule has 2 N–H and O–H groups in total. The van der Waals surface area contributed by atoms with E-state index < -0.39 is 18.0 Å². The van der Waals surface area contributed by atoms with Crippen molar-refractivity contribution >= 4 is 44.4 Å². The fraction of sp³-hybridized carbons (Fsp3) is 0.500. The van der Waals surface area contributed by atoms with Gasteiger partial charge in [-0.05, 0) is 35.2 Å². The molecule has 1 saturated heterocycles. The lowest BCUT2D eigenvalue weighted by molar-refractivity contribution is -0.143. The number of amides is 2. The zero-order valence-corrected chi connectivity index (χ0v) is 11.8. The van der Waals surface area contributed by atoms with Crippen molar-refractivity contribution in [3.05, 3.63) is 9.98 Å². The number of carbonyl (C=O) groups excluding carboxylic acids is 1. The summed E-state index contributed by atoms with van der Waals surface area (Å²) in [4.78, 5) is 28.4. The van der Waals surface area contributed by atoms with Crippen LogP contribution in [0.25, 0.3) is 0 Å². The molecule has 2 heterocycles. The van der Waals surface area contributed by atoms with E-state index in [1.165, 1.54) is 16.2 Å². The zero-order valence-electron chi connectivity index (χ0n) is 9.43. The summed E-state index contributed by atoms with van der Waals surface area (Å²) >= 11 is 4.54. The van der Waals surface area contributed by atoms with Crippen molar-refractivity contribution in [1.82, 2.24) is 9.88 Å². The summed E-state index contributed by atoms with van der Waals surface area (Å²) < 4.78 is 0.811. The molecule has 98 valence electrons. The monoisotopic (exact) mass is 333 g/mol. The molecule has 18 heavy (non-hydrogen) atoms. The molecule has 0 spiro atoms. The summed E-state index contributed by atoms with van der Waals surface area (Å²) in [6.07, 6.45) is 3.76. The van der Waals surface area contributed by atoms with E-state index in [-0.39, 0.29) is 0 Å². The van der Waals surface area contributed by atoms with Gasteiger partial charge < -0.3 is 10.0 Å². The minimum atomic E-state index is -0.954. The van der Waals surface area contributed by atoms with Crippen LogP contribution in [0.15, 0.2) is 9.98 Å². The molecule has 0 bridgehead atoms. The predicted molar refractivity (Wildman–Crippen MR) is 70.8 cm³/mol. The zero-order chi connectivity index (χ0) is 13.1. The average molecular weight is 334 g/mol. The van der Waals surface area contributed by atoms with Crippen molar-refractivity contribution in [2.75, 3.05) is 11.9 Å². The molecule has 1 aliphatic rings. The first-order valence-electron chi connectivity index (χ1n) is 5.49. The summed E-state index contributed by atoms with van der Waals surface area (Å²) in [5.74, 6) is -0.954. The fourth-order valence-corrected chi connectivity index (χ4v) is 3.00. The number of hydrogen-bond acceptors (Lipinski definition) is 4. The minimum absolute atomic E-state index is 0.399. The first-order chi connectivity index (χ1) is 8.58. The fourth-order valence-electron chi connectivity index (χ4n) is 1.91. The first kappa shape index (κ1) is 13.3. The van der Waals surface area contributed by atoms with Crippen LogP contribution in [0.5, 0.6) is 0 Å². The summed E-state index contributed by atoms with van der Waals surface area (Å²) in [7, 11) is 0. The number of aromatic nitrogens is 1. The van der Waals surface area contributed by atoms with E-state index in [0.717, 1.165) is 16.6 Å². The second kappa shape index (κ2) is 5.66. The Labute approximate surface area is 116 Å². The van der Waals surface area contributed by atoms with Crippen molar-refractivity contribution in [2.24, 2.45) is 0 Å². The van der Waals surface area contributed by atoms with Gasteiger partial charge in [-0.15, -0.1) is 0 Å². The first-order valence-corrected chi connectivity index (χ1v) is 7.10. The van der Waals surface area contributed by atoms with Crippen molar-refractivity contribution in [3.63, 3.8) is 0 Å². The number of piperidine rings is 1. The maximum atomic E-state index is 12.0. The van der Waals surface area contributed by atoms with Gasteiger partial charge in [-0.25, -0.2) is 14.6 Å². The van der Waals surface area contributed by atoms with Crippen LogP contribution in [0.2, 0.25) is 0 Å². The van der Waals surface area contributed by atoms with E-state index in [1.807, 2.05) is 0 Å². The molecular formula is C10H12BrN3O3S. The second-order valence-corrected chi connectivity index (χ2v) is 6.35. The lowest BCUT2D eigenvalue weighted by atomic mass is 10.0. The molecule has 1 atom stereocenters. The van der Waals surface area contributed by atoms with Crippen molar-refractivity contribution in [2.45, 2.75) is 25.3 Å². The molecule has 0 aliphatic carbocycles. The maximum Gasteiger partial charge on any atom is 0.326 e. The second-order valence-electron chi connectivity index (χ2n) is 3.94. The number of halogens is 1. The maximum absolute atomic E-state index is 12.0. The Hall–Kier alpha value is -1.15. The highest BCUT2D eigenvalue weighted by atomic mass is 79.9. The highest BCUT2D eigenvalue weighted by Crippen LogP contribution is 2.24. The molecule has 1 unspecified atom stereocenters. The van der Waals surface area contributed by atoms with Crippen LogP contribution in [-0.4, -0.2) is 39.6 Å². The van der Waals surface area contributed by atoms with Crippen molar-refractivity contribution in [3.8, 4) is 0 Å². The van der Waals surface area contributed by atoms with Gasteiger partial charge in [0.1, 0.15) is 6.04 Å². The SMILES string of the molecule is O=C(O)C1CCCCN1C(=O)Nc1ncc(Br)s1. The number of urea groups is 1. The number of hydrogen-bond donors (Lipinski definition) is 2. The molecule has 6 nitrogen and oxygen atoms in total. The summed E-state index contributed by atoms with van der Waals surface area (Å²) in [6, 6.07) is -1.13. The quantitative estimate of drug-likeness (QED) is 0.870. The number of nitrogens with one attached hydrogen (secondary N) is 1. The molecule has 2 rings (SSSR count). The molecule has 0 saturated carbocycles. The topological polar surface area (TPSA) is 82.5 Å². The molecule has 1 aliphatic heterocycles. The van der Waals surface area contributed by atoms with Gasteiger partial charge in [0.05, 0.1) is 9.98 Å². The Bertz CT molecular complexity index is 465. The van der Waals surface area contributed by atoms with Gasteiger partial charge in [0.2, 0.25) is 0 Å². The van der Waals surface area contributed by atoms with Gasteiger partial charge in [0.15, 0.2) is 5.13 Å². The van der Waals surface area contributed by atoms with Crippen molar-refractivity contribution in [1.29, 1.82) is 0 Å². The smallest absolute Gasteiger partial charge is 0.326 e. The molecule has 1 aromatic heterocycles. The van der Waals surface area contributed by atoms with Gasteiger partial charge in [0.25, 0.3) is 0 Å². The van der Waals surface area contributed by atoms with E-state index in [2.05, 4.69) is 26.2 Å². The van der Waals surface area contributed by atoms with Gasteiger partial charge in [-0.1, -0.05) is 11.3 Å². The summed E-state index contributed by atoms with van der Waals surface area (Å²) in [5, 5.41) is 12.2. The van der Waals surface area contributed by atoms with Crippen LogP contribution in [0.3, 0.4) is 0 Å². The molecule has 1 aromatic rings. The Kier molecular flexibility index (Phi) is 4.18. The third kappa shape index (κ3) is 2.99. The van der Waals surface area contributed by atoms with E-state index >= 15 is 0 Å². The average Bonchev–Trinajstić information content (AvgIpc) is 2.74. The van der Waals surface area contributed by atoms with Crippen LogP contribution in [0.4, 0.5) is 9.93 Å². The molecular weight excluding hydrogens is 322 g/mol. The van der Waals surface area contributed by atoms with Gasteiger partial charge in [-0.3, -0.25) is 5.32 Å². The van der Waals surface area contributed by atoms with Crippen LogP contribution < -0.4 is 5.32 Å². The largest absolute Gasteiger partial charge is 0.480 e. The van der Waals surface area contributed by atoms with Gasteiger partial charge in [0, 0.05) is 6.54 Å². The number of anilines is 1. The van der Waals surface area contributed by atoms with Crippen molar-refractivity contribution < 1.29 is 14.7 Å². The van der Waals surface area contributed by atoms with E-state index in [0.29, 0.717) is 18.1 Å². The molecule has 8 heteroatoms. The number of carboxylic acids is 1. The predicted octanol–water partition coefficient (Wildman–Crippen LogP) is 2.38. The summed E-state index contributed by atoms with van der Waals surface area (Å²) in [6.45, 7) is 0.468. The van der Waals surface area contributed by atoms with Crippen LogP contribution in [0.1, 0.15) is 19.3 Å². The van der Waals surface area contributed by atoms with Crippen LogP contribution in [0, 0.1) is 0 Å². The lowest BCUT2D eigenvalue weighted by Gasteiger charge is -2.32. The van der Waals surface area contributed by atoms with Gasteiger partial charge >= 0.3 is 12.0 Å². The normalized spacial score (nSPS) is 19.6.